The average Bonchev–Trinajstić information content (AvgIpc) is 3.38. The molecule has 0 radical (unpaired) electrons. The third kappa shape index (κ3) is 2.39. The van der Waals surface area contributed by atoms with Crippen molar-refractivity contribution in [2.75, 3.05) is 0 Å². The Morgan fingerprint density at radius 2 is 0.906 bits per heavy atom. The lowest BCUT2D eigenvalue weighted by Crippen LogP contribution is -2.00. The summed E-state index contributed by atoms with van der Waals surface area (Å²) >= 11 is 0. The van der Waals surface area contributed by atoms with Crippen LogP contribution in [0.4, 0.5) is 0 Å². The summed E-state index contributed by atoms with van der Waals surface area (Å²) in [5.74, 6) is 0.287. The zero-order chi connectivity index (χ0) is 21.1. The number of nitrogens with zero attached hydrogens (tertiary/aromatic N) is 1. The normalized spacial score (nSPS) is 12.9. The summed E-state index contributed by atoms with van der Waals surface area (Å²) in [6.45, 7) is 0. The molecule has 7 rings (SSSR count). The minimum Gasteiger partial charge on any atom is -0.309 e. The first-order valence-corrected chi connectivity index (χ1v) is 11.2. The first-order valence-electron chi connectivity index (χ1n) is 11.2. The quantitative estimate of drug-likeness (QED) is 0.274. The number of aromatic nitrogens is 1. The fourth-order valence-electron chi connectivity index (χ4n) is 5.53. The Hall–Kier alpha value is -4.10. The number of hydrogen-bond donors (Lipinski definition) is 0. The van der Waals surface area contributed by atoms with E-state index in [-0.39, 0.29) is 5.92 Å². The summed E-state index contributed by atoms with van der Waals surface area (Å²) in [7, 11) is 0. The standard InChI is InChI=1S/C31H21N/c1-3-13-27-23(9-1)24-10-2-4-14-28(24)31(27)21-17-19-22(20-18-21)32-29-15-7-5-11-25(29)26-12-6-8-16-30(26)32/h1-20,31H. The molecular weight excluding hydrogens is 386 g/mol. The Labute approximate surface area is 187 Å². The predicted molar refractivity (Wildman–Crippen MR) is 134 cm³/mol. The minimum absolute atomic E-state index is 0.287. The van der Waals surface area contributed by atoms with Gasteiger partial charge in [0.1, 0.15) is 0 Å². The Kier molecular flexibility index (Phi) is 3.68. The molecule has 1 nitrogen and oxygen atoms in total. The van der Waals surface area contributed by atoms with Crippen LogP contribution in [0.5, 0.6) is 0 Å². The van der Waals surface area contributed by atoms with E-state index in [2.05, 4.69) is 126 Å². The molecule has 5 aromatic carbocycles. The number of benzene rings is 5. The van der Waals surface area contributed by atoms with Gasteiger partial charge in [-0.05, 0) is 52.1 Å². The first kappa shape index (κ1) is 17.6. The van der Waals surface area contributed by atoms with Gasteiger partial charge in [0.25, 0.3) is 0 Å². The Morgan fingerprint density at radius 1 is 0.438 bits per heavy atom. The summed E-state index contributed by atoms with van der Waals surface area (Å²) in [4.78, 5) is 0. The van der Waals surface area contributed by atoms with E-state index in [1.165, 1.54) is 55.3 Å². The molecule has 1 heteroatoms. The van der Waals surface area contributed by atoms with Crippen molar-refractivity contribution in [1.29, 1.82) is 0 Å². The molecule has 0 saturated carbocycles. The maximum Gasteiger partial charge on any atom is 0.0541 e. The van der Waals surface area contributed by atoms with Crippen LogP contribution in [0.2, 0.25) is 0 Å². The minimum atomic E-state index is 0.287. The largest absolute Gasteiger partial charge is 0.309 e. The molecule has 0 spiro atoms. The van der Waals surface area contributed by atoms with Crippen molar-refractivity contribution >= 4 is 21.8 Å². The topological polar surface area (TPSA) is 4.93 Å². The van der Waals surface area contributed by atoms with Gasteiger partial charge < -0.3 is 4.57 Å². The van der Waals surface area contributed by atoms with Gasteiger partial charge in [-0.15, -0.1) is 0 Å². The lowest BCUT2D eigenvalue weighted by Gasteiger charge is -2.16. The number of hydrogen-bond acceptors (Lipinski definition) is 0. The highest BCUT2D eigenvalue weighted by Gasteiger charge is 2.29. The molecule has 1 aliphatic carbocycles. The second-order valence-electron chi connectivity index (χ2n) is 8.57. The molecule has 0 amide bonds. The molecule has 0 fully saturated rings. The van der Waals surface area contributed by atoms with Crippen LogP contribution in [0.1, 0.15) is 22.6 Å². The molecule has 32 heavy (non-hydrogen) atoms. The molecule has 0 saturated heterocycles. The molecule has 6 aromatic rings. The van der Waals surface area contributed by atoms with Gasteiger partial charge in [0.05, 0.1) is 11.0 Å². The van der Waals surface area contributed by atoms with Crippen LogP contribution < -0.4 is 0 Å². The highest BCUT2D eigenvalue weighted by molar-refractivity contribution is 6.09. The zero-order valence-corrected chi connectivity index (χ0v) is 17.6. The summed E-state index contributed by atoms with van der Waals surface area (Å²) in [5, 5.41) is 2.59. The van der Waals surface area contributed by atoms with E-state index in [1.54, 1.807) is 0 Å². The molecule has 0 aliphatic heterocycles. The van der Waals surface area contributed by atoms with Crippen LogP contribution in [0.3, 0.4) is 0 Å². The Balaban J connectivity index is 1.40. The molecule has 1 aromatic heterocycles. The van der Waals surface area contributed by atoms with Crippen LogP contribution >= 0.6 is 0 Å². The summed E-state index contributed by atoms with van der Waals surface area (Å²) in [6.07, 6.45) is 0. The van der Waals surface area contributed by atoms with E-state index in [1.807, 2.05) is 0 Å². The second-order valence-corrected chi connectivity index (χ2v) is 8.57. The number of rotatable bonds is 2. The van der Waals surface area contributed by atoms with Crippen LogP contribution in [0.15, 0.2) is 121 Å². The zero-order valence-electron chi connectivity index (χ0n) is 17.6. The van der Waals surface area contributed by atoms with Crippen molar-refractivity contribution < 1.29 is 0 Å². The SMILES string of the molecule is c1ccc2c(c1)-c1ccccc1C2c1ccc(-n2c3ccccc3c3ccccc32)cc1. The summed E-state index contributed by atoms with van der Waals surface area (Å²) in [5.41, 5.74) is 10.6. The van der Waals surface area contributed by atoms with Crippen molar-refractivity contribution in [3.05, 3.63) is 138 Å². The monoisotopic (exact) mass is 407 g/mol. The van der Waals surface area contributed by atoms with E-state index in [4.69, 9.17) is 0 Å². The Morgan fingerprint density at radius 3 is 1.47 bits per heavy atom. The van der Waals surface area contributed by atoms with Gasteiger partial charge in [0.15, 0.2) is 0 Å². The smallest absolute Gasteiger partial charge is 0.0541 e. The number of para-hydroxylation sites is 2. The van der Waals surface area contributed by atoms with Gasteiger partial charge >= 0.3 is 0 Å². The van der Waals surface area contributed by atoms with Crippen LogP contribution in [-0.2, 0) is 0 Å². The maximum atomic E-state index is 2.38. The molecule has 1 heterocycles. The van der Waals surface area contributed by atoms with Gasteiger partial charge in [-0.3, -0.25) is 0 Å². The molecule has 0 unspecified atom stereocenters. The van der Waals surface area contributed by atoms with E-state index in [0.29, 0.717) is 0 Å². The van der Waals surface area contributed by atoms with Crippen molar-refractivity contribution in [2.24, 2.45) is 0 Å². The van der Waals surface area contributed by atoms with E-state index < -0.39 is 0 Å². The van der Waals surface area contributed by atoms with Gasteiger partial charge in [-0.2, -0.15) is 0 Å². The van der Waals surface area contributed by atoms with Gasteiger partial charge in [-0.1, -0.05) is 97.1 Å². The van der Waals surface area contributed by atoms with Crippen molar-refractivity contribution in [3.8, 4) is 16.8 Å². The Bertz CT molecular complexity index is 1520. The average molecular weight is 408 g/mol. The highest BCUT2D eigenvalue weighted by atomic mass is 15.0. The van der Waals surface area contributed by atoms with Crippen LogP contribution in [0, 0.1) is 0 Å². The van der Waals surface area contributed by atoms with Gasteiger partial charge in [0.2, 0.25) is 0 Å². The fourth-order valence-corrected chi connectivity index (χ4v) is 5.53. The van der Waals surface area contributed by atoms with Gasteiger partial charge in [-0.25, -0.2) is 0 Å². The lowest BCUT2D eigenvalue weighted by molar-refractivity contribution is 1.01. The van der Waals surface area contributed by atoms with Crippen molar-refractivity contribution in [1.82, 2.24) is 4.57 Å². The molecule has 150 valence electrons. The van der Waals surface area contributed by atoms with E-state index >= 15 is 0 Å². The third-order valence-electron chi connectivity index (χ3n) is 6.90. The first-order chi connectivity index (χ1) is 15.9. The predicted octanol–water partition coefficient (Wildman–Crippen LogP) is 7.94. The van der Waals surface area contributed by atoms with Crippen LogP contribution in [0.25, 0.3) is 38.6 Å². The molecular formula is C31H21N. The summed E-state index contributed by atoms with van der Waals surface area (Å²) < 4.78 is 2.38. The summed E-state index contributed by atoms with van der Waals surface area (Å²) in [6, 6.07) is 44.2. The highest BCUT2D eigenvalue weighted by Crippen LogP contribution is 2.47. The number of fused-ring (bicyclic) bond motifs is 6. The van der Waals surface area contributed by atoms with Crippen LogP contribution in [-0.4, -0.2) is 4.57 Å². The second kappa shape index (κ2) is 6.70. The molecule has 0 N–H and O–H groups in total. The fraction of sp³-hybridized carbons (Fsp3) is 0.0323. The maximum absolute atomic E-state index is 2.38. The van der Waals surface area contributed by atoms with Crippen molar-refractivity contribution in [3.63, 3.8) is 0 Å². The van der Waals surface area contributed by atoms with Gasteiger partial charge in [0, 0.05) is 22.4 Å². The third-order valence-corrected chi connectivity index (χ3v) is 6.90. The molecule has 1 aliphatic rings. The lowest BCUT2D eigenvalue weighted by atomic mass is 9.89. The molecule has 0 bridgehead atoms. The van der Waals surface area contributed by atoms with Crippen molar-refractivity contribution in [2.45, 2.75) is 5.92 Å². The molecule has 0 atom stereocenters. The van der Waals surface area contributed by atoms with E-state index in [0.717, 1.165) is 0 Å². The van der Waals surface area contributed by atoms with E-state index in [9.17, 15) is 0 Å².